The number of rotatable bonds is 6. The number of nitrogens with zero attached hydrogens (tertiary/aromatic N) is 1. The van der Waals surface area contributed by atoms with Gasteiger partial charge in [0.05, 0.1) is 0 Å². The standard InChI is InChI=1S/C25H22F2N2O4.C3H8.CH5N/c1-15-9-10-29-13-19(25(32)28-12-17-7-8-18(26)11-20(17)27)23(31)24(21(29)22(15)30)33-14-16-5-3-2-4-6-16;1-3-2;1-2/h2-8,11,13,15H,9-10,12,14H2,1H3,(H,28,32);3H2,1-2H3;2H2,1H3. The Hall–Kier alpha value is -3.85. The van der Waals surface area contributed by atoms with Crippen LogP contribution in [-0.2, 0) is 19.7 Å². The fraction of sp³-hybridized carbons (Fsp3) is 0.345. The van der Waals surface area contributed by atoms with Crippen molar-refractivity contribution in [1.82, 2.24) is 9.88 Å². The van der Waals surface area contributed by atoms with E-state index in [1.165, 1.54) is 25.7 Å². The Morgan fingerprint density at radius 2 is 1.76 bits per heavy atom. The highest BCUT2D eigenvalue weighted by molar-refractivity contribution is 6.01. The summed E-state index contributed by atoms with van der Waals surface area (Å²) < 4.78 is 34.4. The summed E-state index contributed by atoms with van der Waals surface area (Å²) in [6, 6.07) is 12.2. The van der Waals surface area contributed by atoms with Gasteiger partial charge in [0.15, 0.2) is 11.5 Å². The van der Waals surface area contributed by atoms with E-state index in [0.29, 0.717) is 13.0 Å². The normalized spacial score (nSPS) is 13.8. The molecule has 2 heterocycles. The summed E-state index contributed by atoms with van der Waals surface area (Å²) in [6.07, 6.45) is 3.15. The second-order valence-electron chi connectivity index (χ2n) is 8.70. The zero-order valence-corrected chi connectivity index (χ0v) is 22.2. The SMILES string of the molecule is CC1CCn2cc(C(=O)NCc3ccc(F)cc3F)c(=O)c(OCc3ccccc3)c2C1=O.CCC.CN. The molecule has 3 N–H and O–H groups in total. The van der Waals surface area contributed by atoms with E-state index in [4.69, 9.17) is 4.74 Å². The number of ketones is 1. The van der Waals surface area contributed by atoms with Crippen LogP contribution >= 0.6 is 0 Å². The highest BCUT2D eigenvalue weighted by Crippen LogP contribution is 2.27. The first kappa shape index (κ1) is 30.4. The van der Waals surface area contributed by atoms with Gasteiger partial charge in [-0.3, -0.25) is 14.4 Å². The Morgan fingerprint density at radius 3 is 2.39 bits per heavy atom. The minimum Gasteiger partial charge on any atom is -0.483 e. The minimum absolute atomic E-state index is 0.0522. The number of aromatic nitrogens is 1. The minimum atomic E-state index is -0.802. The summed E-state index contributed by atoms with van der Waals surface area (Å²) in [5, 5.41) is 2.49. The van der Waals surface area contributed by atoms with E-state index >= 15 is 0 Å². The smallest absolute Gasteiger partial charge is 0.257 e. The van der Waals surface area contributed by atoms with Crippen LogP contribution in [0.4, 0.5) is 8.78 Å². The molecule has 0 saturated heterocycles. The van der Waals surface area contributed by atoms with Gasteiger partial charge < -0.3 is 20.4 Å². The van der Waals surface area contributed by atoms with Crippen LogP contribution in [0.5, 0.6) is 5.75 Å². The van der Waals surface area contributed by atoms with Crippen LogP contribution in [0.1, 0.15) is 65.6 Å². The molecule has 204 valence electrons. The summed E-state index contributed by atoms with van der Waals surface area (Å²) in [5.41, 5.74) is 4.60. The number of hydrogen-bond acceptors (Lipinski definition) is 5. The number of Topliss-reactive ketones (excluding diaryl/α,β-unsaturated/α-hetero) is 1. The number of carbonyl (C=O) groups is 2. The number of nitrogens with one attached hydrogen (secondary N) is 1. The molecule has 0 saturated carbocycles. The molecular weight excluding hydrogens is 492 g/mol. The van der Waals surface area contributed by atoms with Gasteiger partial charge in [-0.2, -0.15) is 0 Å². The van der Waals surface area contributed by atoms with Gasteiger partial charge in [-0.05, 0) is 25.1 Å². The predicted molar refractivity (Wildman–Crippen MR) is 143 cm³/mol. The largest absolute Gasteiger partial charge is 0.483 e. The van der Waals surface area contributed by atoms with Crippen LogP contribution in [0.2, 0.25) is 0 Å². The van der Waals surface area contributed by atoms with Crippen LogP contribution in [0.25, 0.3) is 0 Å². The highest BCUT2D eigenvalue weighted by atomic mass is 19.1. The molecular formula is C29H35F2N3O4. The summed E-state index contributed by atoms with van der Waals surface area (Å²) in [6.45, 7) is 6.30. The first-order valence-corrected chi connectivity index (χ1v) is 12.5. The third kappa shape index (κ3) is 7.58. The average Bonchev–Trinajstić information content (AvgIpc) is 2.91. The van der Waals surface area contributed by atoms with Crippen LogP contribution in [0.3, 0.4) is 0 Å². The number of pyridine rings is 1. The number of nitrogens with two attached hydrogens (primary N) is 1. The van der Waals surface area contributed by atoms with Crippen molar-refractivity contribution in [3.8, 4) is 5.75 Å². The lowest BCUT2D eigenvalue weighted by atomic mass is 9.94. The molecule has 1 aliphatic rings. The molecule has 1 atom stereocenters. The monoisotopic (exact) mass is 527 g/mol. The Balaban J connectivity index is 0.000000947. The van der Waals surface area contributed by atoms with Crippen molar-refractivity contribution in [2.75, 3.05) is 7.05 Å². The van der Waals surface area contributed by atoms with Gasteiger partial charge in [-0.1, -0.05) is 63.6 Å². The number of hydrogen-bond donors (Lipinski definition) is 2. The molecule has 3 aromatic rings. The fourth-order valence-electron chi connectivity index (χ4n) is 3.73. The van der Waals surface area contributed by atoms with Crippen molar-refractivity contribution in [3.05, 3.63) is 99.0 Å². The quantitative estimate of drug-likeness (QED) is 0.477. The lowest BCUT2D eigenvalue weighted by Gasteiger charge is -2.25. The van der Waals surface area contributed by atoms with Crippen molar-refractivity contribution in [2.45, 2.75) is 53.3 Å². The summed E-state index contributed by atoms with van der Waals surface area (Å²) in [4.78, 5) is 38.9. The zero-order valence-electron chi connectivity index (χ0n) is 22.2. The van der Waals surface area contributed by atoms with Gasteiger partial charge in [0, 0.05) is 36.8 Å². The fourth-order valence-corrected chi connectivity index (χ4v) is 3.73. The van der Waals surface area contributed by atoms with Gasteiger partial charge in [0.25, 0.3) is 5.91 Å². The first-order chi connectivity index (χ1) is 18.3. The van der Waals surface area contributed by atoms with E-state index in [1.807, 2.05) is 30.3 Å². The van der Waals surface area contributed by atoms with Gasteiger partial charge in [0.1, 0.15) is 29.5 Å². The van der Waals surface area contributed by atoms with E-state index in [-0.39, 0.29) is 47.4 Å². The molecule has 1 unspecified atom stereocenters. The van der Waals surface area contributed by atoms with E-state index in [0.717, 1.165) is 17.7 Å². The van der Waals surface area contributed by atoms with E-state index < -0.39 is 23.0 Å². The molecule has 0 radical (unpaired) electrons. The molecule has 1 amide bonds. The Bertz CT molecular complexity index is 1290. The molecule has 0 fully saturated rings. The molecule has 0 bridgehead atoms. The summed E-state index contributed by atoms with van der Waals surface area (Å²) >= 11 is 0. The zero-order chi connectivity index (χ0) is 28.2. The number of halogens is 2. The number of benzene rings is 2. The van der Waals surface area contributed by atoms with Crippen molar-refractivity contribution in [2.24, 2.45) is 11.7 Å². The topological polar surface area (TPSA) is 103 Å². The Kier molecular flexibility index (Phi) is 11.8. The van der Waals surface area contributed by atoms with Crippen LogP contribution in [0, 0.1) is 17.6 Å². The van der Waals surface area contributed by atoms with E-state index in [9.17, 15) is 23.2 Å². The molecule has 1 aliphatic heterocycles. The molecule has 9 heteroatoms. The number of carbonyl (C=O) groups excluding carboxylic acids is 2. The maximum absolute atomic E-state index is 13.9. The van der Waals surface area contributed by atoms with Crippen LogP contribution in [0.15, 0.2) is 59.5 Å². The van der Waals surface area contributed by atoms with E-state index in [1.54, 1.807) is 11.5 Å². The Labute approximate surface area is 221 Å². The predicted octanol–water partition coefficient (Wildman–Crippen LogP) is 4.85. The number of aryl methyl sites for hydroxylation is 1. The molecule has 1 aromatic heterocycles. The number of fused-ring (bicyclic) bond motifs is 1. The van der Waals surface area contributed by atoms with Crippen molar-refractivity contribution < 1.29 is 23.1 Å². The maximum Gasteiger partial charge on any atom is 0.257 e. The van der Waals surface area contributed by atoms with Gasteiger partial charge >= 0.3 is 0 Å². The second kappa shape index (κ2) is 14.8. The van der Waals surface area contributed by atoms with Crippen LogP contribution < -0.4 is 21.2 Å². The molecule has 0 spiro atoms. The average molecular weight is 528 g/mol. The Morgan fingerprint density at radius 1 is 1.11 bits per heavy atom. The third-order valence-electron chi connectivity index (χ3n) is 5.65. The number of amides is 1. The van der Waals surface area contributed by atoms with Crippen molar-refractivity contribution >= 4 is 11.7 Å². The highest BCUT2D eigenvalue weighted by Gasteiger charge is 2.31. The molecule has 0 aliphatic carbocycles. The van der Waals surface area contributed by atoms with Gasteiger partial charge in [-0.25, -0.2) is 8.78 Å². The lowest BCUT2D eigenvalue weighted by molar-refractivity contribution is 0.0876. The van der Waals surface area contributed by atoms with E-state index in [2.05, 4.69) is 24.9 Å². The molecule has 7 nitrogen and oxygen atoms in total. The first-order valence-electron chi connectivity index (χ1n) is 12.5. The third-order valence-corrected chi connectivity index (χ3v) is 5.65. The van der Waals surface area contributed by atoms with Crippen molar-refractivity contribution in [1.29, 1.82) is 0 Å². The maximum atomic E-state index is 13.9. The molecule has 2 aromatic carbocycles. The molecule has 38 heavy (non-hydrogen) atoms. The van der Waals surface area contributed by atoms with Crippen molar-refractivity contribution in [3.63, 3.8) is 0 Å². The summed E-state index contributed by atoms with van der Waals surface area (Å²) in [5.74, 6) is -2.93. The molecule has 4 rings (SSSR count). The second-order valence-corrected chi connectivity index (χ2v) is 8.70. The number of ether oxygens (including phenoxy) is 1. The summed E-state index contributed by atoms with van der Waals surface area (Å²) in [7, 11) is 1.50. The van der Waals surface area contributed by atoms with Gasteiger partial charge in [-0.15, -0.1) is 0 Å². The van der Waals surface area contributed by atoms with Crippen LogP contribution in [-0.4, -0.2) is 23.3 Å². The van der Waals surface area contributed by atoms with Gasteiger partial charge in [0.2, 0.25) is 5.43 Å². The lowest BCUT2D eigenvalue weighted by Crippen LogP contribution is -2.35.